The third-order valence-electron chi connectivity index (χ3n) is 4.35. The summed E-state index contributed by atoms with van der Waals surface area (Å²) in [5, 5.41) is 3.05. The van der Waals surface area contributed by atoms with E-state index in [1.807, 2.05) is 27.7 Å². The fraction of sp³-hybridized carbons (Fsp3) is 0.579. The molecule has 0 aromatic heterocycles. The number of methoxy groups -OCH3 is 1. The van der Waals surface area contributed by atoms with E-state index in [4.69, 9.17) is 9.47 Å². The molecule has 1 aromatic rings. The van der Waals surface area contributed by atoms with Crippen molar-refractivity contribution in [1.29, 1.82) is 0 Å². The predicted octanol–water partition coefficient (Wildman–Crippen LogP) is 3.98. The molecule has 2 rings (SSSR count). The maximum absolute atomic E-state index is 12.7. The highest BCUT2D eigenvalue weighted by Crippen LogP contribution is 2.24. The Balaban J connectivity index is 2.09. The molecule has 0 radical (unpaired) electrons. The molecule has 0 spiro atoms. The van der Waals surface area contributed by atoms with Gasteiger partial charge in [0.15, 0.2) is 0 Å². The van der Waals surface area contributed by atoms with E-state index in [0.717, 1.165) is 12.8 Å². The van der Waals surface area contributed by atoms with Gasteiger partial charge >= 0.3 is 6.09 Å². The number of benzene rings is 1. The highest BCUT2D eigenvalue weighted by Gasteiger charge is 2.34. The summed E-state index contributed by atoms with van der Waals surface area (Å²) in [4.78, 5) is 26.8. The number of piperidine rings is 1. The number of nitrogens with zero attached hydrogens (tertiary/aromatic N) is 1. The third kappa shape index (κ3) is 5.13. The molecule has 0 bridgehead atoms. The monoisotopic (exact) mass is 426 g/mol. The van der Waals surface area contributed by atoms with Crippen molar-refractivity contribution in [3.8, 4) is 5.75 Å². The van der Waals surface area contributed by atoms with Crippen molar-refractivity contribution in [2.75, 3.05) is 13.7 Å². The van der Waals surface area contributed by atoms with Gasteiger partial charge in [0.05, 0.1) is 18.7 Å². The number of carbonyl (C=O) groups is 2. The summed E-state index contributed by atoms with van der Waals surface area (Å²) in [5.41, 5.74) is -0.0377. The quantitative estimate of drug-likeness (QED) is 0.793. The lowest BCUT2D eigenvalue weighted by Crippen LogP contribution is -2.56. The molecule has 6 nitrogen and oxygen atoms in total. The Morgan fingerprint density at radius 3 is 2.62 bits per heavy atom. The van der Waals surface area contributed by atoms with Crippen molar-refractivity contribution in [3.05, 3.63) is 28.2 Å². The van der Waals surface area contributed by atoms with E-state index in [9.17, 15) is 9.59 Å². The van der Waals surface area contributed by atoms with E-state index in [1.165, 1.54) is 0 Å². The number of likely N-dealkylation sites (tertiary alicyclic amines) is 1. The van der Waals surface area contributed by atoms with Crippen LogP contribution >= 0.6 is 15.9 Å². The van der Waals surface area contributed by atoms with E-state index < -0.39 is 5.60 Å². The van der Waals surface area contributed by atoms with Crippen LogP contribution in [0.5, 0.6) is 5.75 Å². The Labute approximate surface area is 163 Å². The average molecular weight is 427 g/mol. The van der Waals surface area contributed by atoms with Crippen molar-refractivity contribution >= 4 is 27.9 Å². The third-order valence-corrected chi connectivity index (χ3v) is 5.04. The highest BCUT2D eigenvalue weighted by molar-refractivity contribution is 9.10. The molecular formula is C19H27BrN2O4. The molecule has 1 N–H and O–H groups in total. The number of rotatable bonds is 3. The van der Waals surface area contributed by atoms with Crippen LogP contribution in [0.3, 0.4) is 0 Å². The number of ether oxygens (including phenoxy) is 2. The predicted molar refractivity (Wildman–Crippen MR) is 104 cm³/mol. The van der Waals surface area contributed by atoms with E-state index >= 15 is 0 Å². The molecule has 0 unspecified atom stereocenters. The van der Waals surface area contributed by atoms with Crippen molar-refractivity contribution in [2.45, 2.75) is 58.2 Å². The van der Waals surface area contributed by atoms with Crippen LogP contribution in [0.4, 0.5) is 4.79 Å². The number of nitrogens with one attached hydrogen (secondary N) is 1. The molecule has 2 amide bonds. The molecule has 1 aliphatic rings. The van der Waals surface area contributed by atoms with Crippen LogP contribution in [0.15, 0.2) is 22.7 Å². The van der Waals surface area contributed by atoms with Crippen LogP contribution in [0.25, 0.3) is 0 Å². The zero-order chi connectivity index (χ0) is 19.5. The lowest BCUT2D eigenvalue weighted by Gasteiger charge is -2.40. The summed E-state index contributed by atoms with van der Waals surface area (Å²) in [7, 11) is 1.56. The second-order valence-electron chi connectivity index (χ2n) is 7.48. The molecule has 144 valence electrons. The van der Waals surface area contributed by atoms with Crippen LogP contribution in [0, 0.1) is 0 Å². The molecule has 7 heteroatoms. The largest absolute Gasteiger partial charge is 0.497 e. The van der Waals surface area contributed by atoms with Crippen molar-refractivity contribution < 1.29 is 19.1 Å². The minimum Gasteiger partial charge on any atom is -0.497 e. The summed E-state index contributed by atoms with van der Waals surface area (Å²) >= 11 is 3.41. The molecule has 0 saturated carbocycles. The molecular weight excluding hydrogens is 400 g/mol. The van der Waals surface area contributed by atoms with Crippen molar-refractivity contribution in [3.63, 3.8) is 0 Å². The molecule has 0 aliphatic carbocycles. The molecule has 1 saturated heterocycles. The van der Waals surface area contributed by atoms with Gasteiger partial charge in [-0.05, 0) is 74.7 Å². The van der Waals surface area contributed by atoms with Gasteiger partial charge in [0.25, 0.3) is 5.91 Å². The van der Waals surface area contributed by atoms with Gasteiger partial charge in [-0.25, -0.2) is 4.79 Å². The molecule has 1 aromatic carbocycles. The van der Waals surface area contributed by atoms with E-state index in [0.29, 0.717) is 22.3 Å². The standard InChI is InChI=1S/C19H27BrN2O4/c1-12-16(7-6-10-22(12)18(24)26-19(2,3)4)21-17(23)14-11-13(25-5)8-9-15(14)20/h8-9,11-12,16H,6-7,10H2,1-5H3,(H,21,23)/t12-,16-/m1/s1. The fourth-order valence-corrected chi connectivity index (χ4v) is 3.39. The number of hydrogen-bond acceptors (Lipinski definition) is 4. The molecule has 2 atom stereocenters. The lowest BCUT2D eigenvalue weighted by atomic mass is 9.97. The highest BCUT2D eigenvalue weighted by atomic mass is 79.9. The average Bonchev–Trinajstić information content (AvgIpc) is 2.55. The van der Waals surface area contributed by atoms with Gasteiger partial charge in [-0.15, -0.1) is 0 Å². The maximum Gasteiger partial charge on any atom is 0.410 e. The van der Waals surface area contributed by atoms with Gasteiger partial charge in [0.2, 0.25) is 0 Å². The van der Waals surface area contributed by atoms with E-state index in [2.05, 4.69) is 21.2 Å². The first kappa shape index (κ1) is 20.6. The summed E-state index contributed by atoms with van der Waals surface area (Å²) in [6.45, 7) is 8.11. The minimum absolute atomic E-state index is 0.137. The molecule has 1 aliphatic heterocycles. The second-order valence-corrected chi connectivity index (χ2v) is 8.34. The zero-order valence-electron chi connectivity index (χ0n) is 16.0. The zero-order valence-corrected chi connectivity index (χ0v) is 17.6. The van der Waals surface area contributed by atoms with Crippen LogP contribution in [0.1, 0.15) is 50.9 Å². The summed E-state index contributed by atoms with van der Waals surface area (Å²) in [6.07, 6.45) is 1.29. The minimum atomic E-state index is -0.543. The number of amides is 2. The Morgan fingerprint density at radius 1 is 1.31 bits per heavy atom. The van der Waals surface area contributed by atoms with Gasteiger partial charge in [-0.1, -0.05) is 0 Å². The fourth-order valence-electron chi connectivity index (χ4n) is 2.97. The van der Waals surface area contributed by atoms with E-state index in [-0.39, 0.29) is 24.1 Å². The van der Waals surface area contributed by atoms with Gasteiger partial charge in [0.1, 0.15) is 11.4 Å². The van der Waals surface area contributed by atoms with Gasteiger partial charge < -0.3 is 19.7 Å². The number of halogens is 1. The number of carbonyl (C=O) groups excluding carboxylic acids is 2. The molecule has 1 heterocycles. The Bertz CT molecular complexity index is 672. The van der Waals surface area contributed by atoms with Gasteiger partial charge in [-0.2, -0.15) is 0 Å². The van der Waals surface area contributed by atoms with Crippen LogP contribution in [0.2, 0.25) is 0 Å². The Hall–Kier alpha value is -1.76. The van der Waals surface area contributed by atoms with Crippen molar-refractivity contribution in [2.24, 2.45) is 0 Å². The van der Waals surface area contributed by atoms with Crippen LogP contribution < -0.4 is 10.1 Å². The topological polar surface area (TPSA) is 67.9 Å². The number of hydrogen-bond donors (Lipinski definition) is 1. The maximum atomic E-state index is 12.7. The smallest absolute Gasteiger partial charge is 0.410 e. The van der Waals surface area contributed by atoms with Crippen LogP contribution in [-0.4, -0.2) is 48.2 Å². The van der Waals surface area contributed by atoms with Gasteiger partial charge in [0, 0.05) is 17.1 Å². The first-order valence-electron chi connectivity index (χ1n) is 8.76. The SMILES string of the molecule is COc1ccc(Br)c(C(=O)N[C@@H]2CCCN(C(=O)OC(C)(C)C)[C@@H]2C)c1. The lowest BCUT2D eigenvalue weighted by molar-refractivity contribution is 0.00700. The second kappa shape index (κ2) is 8.29. The Morgan fingerprint density at radius 2 is 2.00 bits per heavy atom. The van der Waals surface area contributed by atoms with Crippen molar-refractivity contribution in [1.82, 2.24) is 10.2 Å². The molecule has 1 fully saturated rings. The Kier molecular flexibility index (Phi) is 6.55. The summed E-state index contributed by atoms with van der Waals surface area (Å²) in [6, 6.07) is 4.98. The summed E-state index contributed by atoms with van der Waals surface area (Å²) < 4.78 is 11.4. The van der Waals surface area contributed by atoms with Gasteiger partial charge in [-0.3, -0.25) is 4.79 Å². The molecule has 26 heavy (non-hydrogen) atoms. The normalized spacial score (nSPS) is 20.5. The first-order valence-corrected chi connectivity index (χ1v) is 9.55. The van der Waals surface area contributed by atoms with E-state index in [1.54, 1.807) is 30.2 Å². The van der Waals surface area contributed by atoms with Crippen LogP contribution in [-0.2, 0) is 4.74 Å². The first-order chi connectivity index (χ1) is 12.1. The summed E-state index contributed by atoms with van der Waals surface area (Å²) in [5.74, 6) is 0.420.